The summed E-state index contributed by atoms with van der Waals surface area (Å²) in [4.78, 5) is 6.33. The van der Waals surface area contributed by atoms with Crippen molar-refractivity contribution in [2.45, 2.75) is 32.0 Å². The number of aromatic amines is 1. The first-order valence-electron chi connectivity index (χ1n) is 11.0. The number of benzene rings is 3. The summed E-state index contributed by atoms with van der Waals surface area (Å²) in [6.45, 7) is 2.58. The Morgan fingerprint density at radius 1 is 0.968 bits per heavy atom. The Bertz CT molecular complexity index is 1250. The molecule has 0 bridgehead atoms. The molecule has 1 aromatic heterocycles. The van der Waals surface area contributed by atoms with E-state index in [9.17, 15) is 0 Å². The zero-order valence-corrected chi connectivity index (χ0v) is 17.7. The van der Waals surface area contributed by atoms with Crippen molar-refractivity contribution in [1.82, 2.24) is 9.88 Å². The third-order valence-electron chi connectivity index (χ3n) is 6.78. The number of fused-ring (bicyclic) bond motifs is 6. The van der Waals surface area contributed by atoms with Gasteiger partial charge in [0.15, 0.2) is 11.5 Å². The fourth-order valence-corrected chi connectivity index (χ4v) is 5.20. The van der Waals surface area contributed by atoms with Gasteiger partial charge in [-0.1, -0.05) is 48.5 Å². The van der Waals surface area contributed by atoms with Gasteiger partial charge in [0.1, 0.15) is 6.61 Å². The predicted octanol–water partition coefficient (Wildman–Crippen LogP) is 5.41. The van der Waals surface area contributed by atoms with Crippen LogP contribution in [-0.4, -0.2) is 23.5 Å². The fourth-order valence-electron chi connectivity index (χ4n) is 5.20. The molecule has 2 aliphatic heterocycles. The first-order chi connectivity index (χ1) is 15.3. The van der Waals surface area contributed by atoms with Gasteiger partial charge in [0.05, 0.1) is 13.2 Å². The number of methoxy groups -OCH3 is 1. The molecule has 3 aromatic carbocycles. The summed E-state index contributed by atoms with van der Waals surface area (Å²) in [6.07, 6.45) is 2.09. The third-order valence-corrected chi connectivity index (χ3v) is 6.78. The van der Waals surface area contributed by atoms with Gasteiger partial charge in [-0.25, -0.2) is 0 Å². The topological polar surface area (TPSA) is 37.5 Å². The van der Waals surface area contributed by atoms with E-state index in [1.165, 1.54) is 33.3 Å². The van der Waals surface area contributed by atoms with Gasteiger partial charge in [0.25, 0.3) is 0 Å². The predicted molar refractivity (Wildman–Crippen MR) is 123 cm³/mol. The fraction of sp³-hybridized carbons (Fsp3) is 0.259. The highest BCUT2D eigenvalue weighted by Gasteiger charge is 2.34. The molecule has 4 nitrogen and oxygen atoms in total. The monoisotopic (exact) mass is 410 g/mol. The number of rotatable bonds is 4. The molecule has 0 saturated carbocycles. The lowest BCUT2D eigenvalue weighted by Crippen LogP contribution is -2.39. The van der Waals surface area contributed by atoms with Gasteiger partial charge < -0.3 is 14.5 Å². The van der Waals surface area contributed by atoms with E-state index < -0.39 is 0 Å². The minimum absolute atomic E-state index is 0.393. The average Bonchev–Trinajstić information content (AvgIpc) is 3.21. The summed E-state index contributed by atoms with van der Waals surface area (Å²) in [5.74, 6) is 1.64. The van der Waals surface area contributed by atoms with E-state index in [2.05, 4.69) is 58.4 Å². The molecule has 4 aromatic rings. The molecule has 0 spiro atoms. The lowest BCUT2D eigenvalue weighted by molar-refractivity contribution is 0.157. The molecule has 1 N–H and O–H groups in total. The van der Waals surface area contributed by atoms with Crippen molar-refractivity contribution < 1.29 is 9.47 Å². The van der Waals surface area contributed by atoms with Gasteiger partial charge in [-0.3, -0.25) is 4.90 Å². The number of ether oxygens (including phenoxy) is 2. The molecule has 0 fully saturated rings. The molecule has 1 unspecified atom stereocenters. The van der Waals surface area contributed by atoms with Gasteiger partial charge in [0, 0.05) is 29.7 Å². The molecule has 6 rings (SSSR count). The van der Waals surface area contributed by atoms with E-state index in [4.69, 9.17) is 9.47 Å². The quantitative estimate of drug-likeness (QED) is 0.489. The summed E-state index contributed by atoms with van der Waals surface area (Å²) in [7, 11) is 1.72. The Morgan fingerprint density at radius 2 is 1.77 bits per heavy atom. The van der Waals surface area contributed by atoms with Crippen LogP contribution in [0.3, 0.4) is 0 Å². The molecular formula is C27H26N2O2. The zero-order valence-electron chi connectivity index (χ0n) is 17.7. The number of nitrogens with zero attached hydrogens (tertiary/aromatic N) is 1. The number of H-pyrrole nitrogens is 1. The summed E-state index contributed by atoms with van der Waals surface area (Å²) < 4.78 is 11.9. The second kappa shape index (κ2) is 7.47. The smallest absolute Gasteiger partial charge is 0.162 e. The molecule has 156 valence electrons. The van der Waals surface area contributed by atoms with Crippen molar-refractivity contribution in [3.05, 3.63) is 94.7 Å². The SMILES string of the molecule is COc1cc2c(cc1OCc1ccccc1)CN1CCc3c([nH]c4ccccc34)C1C2. The Hall–Kier alpha value is -3.24. The van der Waals surface area contributed by atoms with E-state index in [0.717, 1.165) is 43.0 Å². The maximum Gasteiger partial charge on any atom is 0.162 e. The van der Waals surface area contributed by atoms with E-state index in [1.54, 1.807) is 7.11 Å². The minimum Gasteiger partial charge on any atom is -0.493 e. The van der Waals surface area contributed by atoms with E-state index in [0.29, 0.717) is 12.6 Å². The summed E-state index contributed by atoms with van der Waals surface area (Å²) in [5, 5.41) is 1.38. The number of nitrogens with one attached hydrogen (secondary N) is 1. The van der Waals surface area contributed by atoms with Crippen molar-refractivity contribution in [1.29, 1.82) is 0 Å². The molecule has 2 aliphatic rings. The number of aromatic nitrogens is 1. The summed E-state index contributed by atoms with van der Waals surface area (Å²) in [6, 6.07) is 23.7. The van der Waals surface area contributed by atoms with Crippen LogP contribution >= 0.6 is 0 Å². The molecule has 0 radical (unpaired) electrons. The Morgan fingerprint density at radius 3 is 2.65 bits per heavy atom. The van der Waals surface area contributed by atoms with Gasteiger partial charge >= 0.3 is 0 Å². The third kappa shape index (κ3) is 3.19. The average molecular weight is 411 g/mol. The van der Waals surface area contributed by atoms with Gasteiger partial charge in [-0.05, 0) is 53.3 Å². The van der Waals surface area contributed by atoms with Crippen molar-refractivity contribution in [3.63, 3.8) is 0 Å². The van der Waals surface area contributed by atoms with Crippen LogP contribution in [0.25, 0.3) is 10.9 Å². The molecule has 0 aliphatic carbocycles. The minimum atomic E-state index is 0.393. The maximum absolute atomic E-state index is 6.16. The van der Waals surface area contributed by atoms with Gasteiger partial charge in [-0.2, -0.15) is 0 Å². The molecule has 1 atom stereocenters. The standard InChI is InChI=1S/C27H26N2O2/c1-30-25-14-19-13-24-27-22(21-9-5-6-10-23(21)28-27)11-12-29(24)16-20(19)15-26(25)31-17-18-7-3-2-4-8-18/h2-10,14-15,24,28H,11-13,16-17H2,1H3. The highest BCUT2D eigenvalue weighted by Crippen LogP contribution is 2.43. The van der Waals surface area contributed by atoms with Crippen LogP contribution in [0, 0.1) is 0 Å². The van der Waals surface area contributed by atoms with Crippen molar-refractivity contribution in [3.8, 4) is 11.5 Å². The van der Waals surface area contributed by atoms with Crippen LogP contribution in [0.1, 0.15) is 34.0 Å². The molecule has 31 heavy (non-hydrogen) atoms. The first kappa shape index (κ1) is 18.5. The van der Waals surface area contributed by atoms with Crippen molar-refractivity contribution >= 4 is 10.9 Å². The highest BCUT2D eigenvalue weighted by molar-refractivity contribution is 5.85. The van der Waals surface area contributed by atoms with E-state index in [1.807, 2.05) is 18.2 Å². The number of para-hydroxylation sites is 1. The lowest BCUT2D eigenvalue weighted by Gasteiger charge is -2.40. The van der Waals surface area contributed by atoms with Crippen molar-refractivity contribution in [2.75, 3.05) is 13.7 Å². The van der Waals surface area contributed by atoms with Crippen LogP contribution in [0.15, 0.2) is 66.7 Å². The molecular weight excluding hydrogens is 384 g/mol. The second-order valence-electron chi connectivity index (χ2n) is 8.55. The largest absolute Gasteiger partial charge is 0.493 e. The molecule has 4 heteroatoms. The van der Waals surface area contributed by atoms with Crippen LogP contribution in [0.5, 0.6) is 11.5 Å². The molecule has 0 amide bonds. The Labute approximate surface area is 182 Å². The molecule has 0 saturated heterocycles. The summed E-state index contributed by atoms with van der Waals surface area (Å²) in [5.41, 5.74) is 8.00. The number of hydrogen-bond acceptors (Lipinski definition) is 3. The highest BCUT2D eigenvalue weighted by atomic mass is 16.5. The lowest BCUT2D eigenvalue weighted by atomic mass is 9.87. The first-order valence-corrected chi connectivity index (χ1v) is 11.0. The van der Waals surface area contributed by atoms with Crippen LogP contribution in [-0.2, 0) is 26.0 Å². The van der Waals surface area contributed by atoms with Gasteiger partial charge in [-0.15, -0.1) is 0 Å². The second-order valence-corrected chi connectivity index (χ2v) is 8.55. The maximum atomic E-state index is 6.16. The summed E-state index contributed by atoms with van der Waals surface area (Å²) >= 11 is 0. The van der Waals surface area contributed by atoms with Gasteiger partial charge in [0.2, 0.25) is 0 Å². The van der Waals surface area contributed by atoms with Crippen LogP contribution < -0.4 is 9.47 Å². The van der Waals surface area contributed by atoms with Crippen LogP contribution in [0.4, 0.5) is 0 Å². The Kier molecular flexibility index (Phi) is 4.46. The Balaban J connectivity index is 1.32. The zero-order chi connectivity index (χ0) is 20.8. The number of hydrogen-bond donors (Lipinski definition) is 1. The normalized spacial score (nSPS) is 17.6. The van der Waals surface area contributed by atoms with E-state index in [-0.39, 0.29) is 0 Å². The molecule has 3 heterocycles. The van der Waals surface area contributed by atoms with Crippen molar-refractivity contribution in [2.24, 2.45) is 0 Å². The van der Waals surface area contributed by atoms with E-state index >= 15 is 0 Å². The van der Waals surface area contributed by atoms with Crippen LogP contribution in [0.2, 0.25) is 0 Å².